The number of hydrogen-bond acceptors (Lipinski definition) is 4. The summed E-state index contributed by atoms with van der Waals surface area (Å²) < 4.78 is 33.3. The molecule has 0 spiro atoms. The predicted octanol–water partition coefficient (Wildman–Crippen LogP) is 2.93. The number of amides is 1. The fourth-order valence-electron chi connectivity index (χ4n) is 3.20. The van der Waals surface area contributed by atoms with Gasteiger partial charge in [-0.15, -0.1) is 0 Å². The molecular weight excluding hydrogens is 432 g/mol. The first-order chi connectivity index (χ1) is 12.9. The third kappa shape index (κ3) is 4.34. The second kappa shape index (κ2) is 8.41. The van der Waals surface area contributed by atoms with Crippen LogP contribution in [0.5, 0.6) is 5.75 Å². The summed E-state index contributed by atoms with van der Waals surface area (Å²) in [6, 6.07) is 13.1. The van der Waals surface area contributed by atoms with E-state index in [2.05, 4.69) is 21.2 Å². The average molecular weight is 453 g/mol. The van der Waals surface area contributed by atoms with Crippen molar-refractivity contribution in [2.75, 3.05) is 13.7 Å². The molecule has 3 rings (SSSR count). The largest absolute Gasteiger partial charge is 0.496 e. The highest BCUT2D eigenvalue weighted by Gasteiger charge is 2.39. The van der Waals surface area contributed by atoms with Gasteiger partial charge in [-0.3, -0.25) is 4.79 Å². The van der Waals surface area contributed by atoms with Crippen LogP contribution in [0.1, 0.15) is 18.4 Å². The van der Waals surface area contributed by atoms with Crippen LogP contribution in [0.4, 0.5) is 0 Å². The Hall–Kier alpha value is -1.90. The topological polar surface area (TPSA) is 75.7 Å². The third-order valence-electron chi connectivity index (χ3n) is 4.55. The lowest BCUT2D eigenvalue weighted by Crippen LogP contribution is -2.45. The van der Waals surface area contributed by atoms with Crippen molar-refractivity contribution in [1.29, 1.82) is 0 Å². The molecule has 1 unspecified atom stereocenters. The Morgan fingerprint density at radius 1 is 1.26 bits per heavy atom. The quantitative estimate of drug-likeness (QED) is 0.730. The van der Waals surface area contributed by atoms with Gasteiger partial charge in [-0.25, -0.2) is 8.42 Å². The number of halogens is 1. The van der Waals surface area contributed by atoms with E-state index in [1.165, 1.54) is 4.31 Å². The Balaban J connectivity index is 1.74. The van der Waals surface area contributed by atoms with Gasteiger partial charge in [0.2, 0.25) is 15.9 Å². The standard InChI is InChI=1S/C19H21BrN2O4S/c1-26-18-10-9-15(20)12-14(18)13-21-19(23)17-8-5-11-22(17)27(24,25)16-6-3-2-4-7-16/h2-4,6-7,9-10,12,17H,5,8,11,13H2,1H3,(H,21,23). The maximum atomic E-state index is 12.9. The van der Waals surface area contributed by atoms with E-state index in [-0.39, 0.29) is 17.3 Å². The molecule has 1 N–H and O–H groups in total. The van der Waals surface area contributed by atoms with Gasteiger partial charge in [0.15, 0.2) is 0 Å². The summed E-state index contributed by atoms with van der Waals surface area (Å²) >= 11 is 3.40. The zero-order chi connectivity index (χ0) is 19.4. The van der Waals surface area contributed by atoms with Crippen LogP contribution >= 0.6 is 15.9 Å². The van der Waals surface area contributed by atoms with Crippen molar-refractivity contribution in [2.24, 2.45) is 0 Å². The minimum Gasteiger partial charge on any atom is -0.496 e. The number of ether oxygens (including phenoxy) is 1. The maximum absolute atomic E-state index is 12.9. The van der Waals surface area contributed by atoms with Gasteiger partial charge in [0, 0.05) is 23.1 Å². The highest BCUT2D eigenvalue weighted by molar-refractivity contribution is 9.10. The third-order valence-corrected chi connectivity index (χ3v) is 6.97. The van der Waals surface area contributed by atoms with Gasteiger partial charge in [-0.05, 0) is 43.2 Å². The van der Waals surface area contributed by atoms with E-state index in [1.807, 2.05) is 18.2 Å². The number of sulfonamides is 1. The zero-order valence-corrected chi connectivity index (χ0v) is 17.3. The first kappa shape index (κ1) is 19.9. The van der Waals surface area contributed by atoms with Crippen LogP contribution in [0.25, 0.3) is 0 Å². The summed E-state index contributed by atoms with van der Waals surface area (Å²) in [5.74, 6) is 0.368. The number of rotatable bonds is 6. The molecule has 1 aliphatic rings. The fraction of sp³-hybridized carbons (Fsp3) is 0.316. The van der Waals surface area contributed by atoms with E-state index >= 15 is 0 Å². The Bertz CT molecular complexity index is 919. The molecule has 2 aromatic carbocycles. The number of benzene rings is 2. The zero-order valence-electron chi connectivity index (χ0n) is 14.9. The van der Waals surface area contributed by atoms with Crippen molar-refractivity contribution < 1.29 is 17.9 Å². The van der Waals surface area contributed by atoms with Gasteiger partial charge >= 0.3 is 0 Å². The molecule has 0 aromatic heterocycles. The lowest BCUT2D eigenvalue weighted by molar-refractivity contribution is -0.124. The molecule has 1 atom stereocenters. The number of nitrogens with zero attached hydrogens (tertiary/aromatic N) is 1. The summed E-state index contributed by atoms with van der Waals surface area (Å²) in [5.41, 5.74) is 0.815. The molecule has 1 heterocycles. The van der Waals surface area contributed by atoms with Crippen molar-refractivity contribution >= 4 is 31.9 Å². The average Bonchev–Trinajstić information content (AvgIpc) is 3.18. The monoisotopic (exact) mass is 452 g/mol. The molecule has 0 saturated carbocycles. The molecule has 1 amide bonds. The summed E-state index contributed by atoms with van der Waals surface area (Å²) in [6.07, 6.45) is 1.16. The van der Waals surface area contributed by atoms with Crippen LogP contribution in [0.15, 0.2) is 57.9 Å². The van der Waals surface area contributed by atoms with Crippen molar-refractivity contribution in [2.45, 2.75) is 30.3 Å². The number of carbonyl (C=O) groups is 1. The first-order valence-corrected chi connectivity index (χ1v) is 10.8. The molecule has 2 aromatic rings. The van der Waals surface area contributed by atoms with Crippen LogP contribution < -0.4 is 10.1 Å². The normalized spacial score (nSPS) is 17.6. The summed E-state index contributed by atoms with van der Waals surface area (Å²) in [7, 11) is -2.13. The minimum absolute atomic E-state index is 0.207. The van der Waals surface area contributed by atoms with Gasteiger partial charge in [-0.1, -0.05) is 34.1 Å². The SMILES string of the molecule is COc1ccc(Br)cc1CNC(=O)C1CCCN1S(=O)(=O)c1ccccc1. The molecule has 144 valence electrons. The van der Waals surface area contributed by atoms with Crippen molar-refractivity contribution in [3.05, 3.63) is 58.6 Å². The molecule has 0 radical (unpaired) electrons. The number of nitrogens with one attached hydrogen (secondary N) is 1. The van der Waals surface area contributed by atoms with Crippen LogP contribution in [-0.4, -0.2) is 38.3 Å². The van der Waals surface area contributed by atoms with Crippen LogP contribution in [-0.2, 0) is 21.4 Å². The van der Waals surface area contributed by atoms with E-state index in [0.717, 1.165) is 10.0 Å². The van der Waals surface area contributed by atoms with Crippen molar-refractivity contribution in [3.63, 3.8) is 0 Å². The van der Waals surface area contributed by atoms with E-state index in [9.17, 15) is 13.2 Å². The predicted molar refractivity (Wildman–Crippen MR) is 106 cm³/mol. The molecular formula is C19H21BrN2O4S. The van der Waals surface area contributed by atoms with Gasteiger partial charge in [0.05, 0.1) is 12.0 Å². The second-order valence-corrected chi connectivity index (χ2v) is 9.07. The lowest BCUT2D eigenvalue weighted by Gasteiger charge is -2.23. The highest BCUT2D eigenvalue weighted by atomic mass is 79.9. The molecule has 8 heteroatoms. The van der Waals surface area contributed by atoms with Gasteiger partial charge in [0.1, 0.15) is 11.8 Å². The van der Waals surface area contributed by atoms with E-state index in [1.54, 1.807) is 37.4 Å². The van der Waals surface area contributed by atoms with Crippen LogP contribution in [0.2, 0.25) is 0 Å². The lowest BCUT2D eigenvalue weighted by atomic mass is 10.2. The number of methoxy groups -OCH3 is 1. The molecule has 1 aliphatic heterocycles. The first-order valence-electron chi connectivity index (χ1n) is 8.60. The minimum atomic E-state index is -3.70. The van der Waals surface area contributed by atoms with Gasteiger partial charge < -0.3 is 10.1 Å². The molecule has 0 bridgehead atoms. The van der Waals surface area contributed by atoms with Crippen LogP contribution in [0, 0.1) is 0 Å². The van der Waals surface area contributed by atoms with Gasteiger partial charge in [-0.2, -0.15) is 4.31 Å². The molecule has 6 nitrogen and oxygen atoms in total. The summed E-state index contributed by atoms with van der Waals surface area (Å²) in [6.45, 7) is 0.604. The fourth-order valence-corrected chi connectivity index (χ4v) is 5.29. The second-order valence-electron chi connectivity index (χ2n) is 6.26. The number of hydrogen-bond donors (Lipinski definition) is 1. The summed E-state index contributed by atoms with van der Waals surface area (Å²) in [4.78, 5) is 12.9. The molecule has 27 heavy (non-hydrogen) atoms. The Kier molecular flexibility index (Phi) is 6.18. The maximum Gasteiger partial charge on any atom is 0.243 e. The smallest absolute Gasteiger partial charge is 0.243 e. The molecule has 0 aliphatic carbocycles. The van der Waals surface area contributed by atoms with E-state index in [4.69, 9.17) is 4.74 Å². The van der Waals surface area contributed by atoms with Crippen molar-refractivity contribution in [3.8, 4) is 5.75 Å². The van der Waals surface area contributed by atoms with E-state index < -0.39 is 16.1 Å². The highest BCUT2D eigenvalue weighted by Crippen LogP contribution is 2.27. The van der Waals surface area contributed by atoms with Crippen LogP contribution in [0.3, 0.4) is 0 Å². The Morgan fingerprint density at radius 2 is 2.00 bits per heavy atom. The Labute approximate surface area is 167 Å². The van der Waals surface area contributed by atoms with E-state index in [0.29, 0.717) is 25.1 Å². The number of carbonyl (C=O) groups excluding carboxylic acids is 1. The van der Waals surface area contributed by atoms with Crippen molar-refractivity contribution in [1.82, 2.24) is 9.62 Å². The molecule has 1 fully saturated rings. The van der Waals surface area contributed by atoms with Gasteiger partial charge in [0.25, 0.3) is 0 Å². The Morgan fingerprint density at radius 3 is 2.70 bits per heavy atom. The summed E-state index contributed by atoms with van der Waals surface area (Å²) in [5, 5.41) is 2.85. The molecule has 1 saturated heterocycles.